The van der Waals surface area contributed by atoms with Crippen molar-refractivity contribution in [2.75, 3.05) is 13.2 Å². The third kappa shape index (κ3) is 10.6. The van der Waals surface area contributed by atoms with E-state index in [1.54, 1.807) is 0 Å². The normalized spacial score (nSPS) is 13.8. The van der Waals surface area contributed by atoms with Gasteiger partial charge in [-0.05, 0) is 30.5 Å². The Morgan fingerprint density at radius 3 is 2.15 bits per heavy atom. The lowest BCUT2D eigenvalue weighted by Crippen LogP contribution is -2.58. The Morgan fingerprint density at radius 1 is 0.950 bits per heavy atom. The summed E-state index contributed by atoms with van der Waals surface area (Å²) in [5.41, 5.74) is 17.5. The number of aliphatic hydroxyl groups is 1. The number of carboxylic acids is 1. The fourth-order valence-corrected chi connectivity index (χ4v) is 3.56. The van der Waals surface area contributed by atoms with Gasteiger partial charge in [-0.15, -0.1) is 0 Å². The predicted octanol–water partition coefficient (Wildman–Crippen LogP) is -3.19. The average Bonchev–Trinajstić information content (AvgIpc) is 3.42. The average molecular weight is 562 g/mol. The van der Waals surface area contributed by atoms with Gasteiger partial charge in [0.1, 0.15) is 23.9 Å². The van der Waals surface area contributed by atoms with Crippen LogP contribution in [0, 0.1) is 0 Å². The first-order chi connectivity index (χ1) is 19.0. The number of aromatic nitrogens is 2. The number of aliphatic carboxylic acids is 1. The molecule has 0 fully saturated rings. The SMILES string of the molecule is NC(N)=NCCCC(N)C(=O)NC(Cc1cnc[nH]1)C(=O)NC(CO)C(=O)NC(Cc1ccc(O)cc1)C(=O)O. The van der Waals surface area contributed by atoms with Gasteiger partial charge in [0, 0.05) is 31.3 Å². The zero-order valence-corrected chi connectivity index (χ0v) is 21.6. The van der Waals surface area contributed by atoms with Gasteiger partial charge in [-0.1, -0.05) is 12.1 Å². The van der Waals surface area contributed by atoms with E-state index in [9.17, 15) is 34.5 Å². The number of nitrogens with one attached hydrogen (secondary N) is 4. The van der Waals surface area contributed by atoms with Gasteiger partial charge < -0.3 is 53.5 Å². The Kier molecular flexibility index (Phi) is 12.3. The summed E-state index contributed by atoms with van der Waals surface area (Å²) < 4.78 is 0. The Balaban J connectivity index is 2.06. The van der Waals surface area contributed by atoms with Crippen LogP contribution in [-0.4, -0.2) is 92.3 Å². The molecule has 1 aromatic carbocycles. The molecule has 1 aromatic heterocycles. The third-order valence-electron chi connectivity index (χ3n) is 5.72. The first kappa shape index (κ1) is 31.5. The second kappa shape index (κ2) is 15.6. The van der Waals surface area contributed by atoms with Crippen molar-refractivity contribution in [3.8, 4) is 5.75 Å². The van der Waals surface area contributed by atoms with Crippen molar-refractivity contribution in [1.29, 1.82) is 0 Å². The topological polar surface area (TPSA) is 284 Å². The molecule has 13 N–H and O–H groups in total. The van der Waals surface area contributed by atoms with Gasteiger partial charge in [0.2, 0.25) is 17.7 Å². The lowest BCUT2D eigenvalue weighted by molar-refractivity contribution is -0.142. The molecule has 0 aliphatic heterocycles. The number of guanidine groups is 1. The summed E-state index contributed by atoms with van der Waals surface area (Å²) in [6.45, 7) is -0.586. The van der Waals surface area contributed by atoms with Crippen LogP contribution in [0.25, 0.3) is 0 Å². The van der Waals surface area contributed by atoms with Gasteiger partial charge in [0.15, 0.2) is 5.96 Å². The molecule has 0 spiro atoms. The number of benzene rings is 1. The zero-order chi connectivity index (χ0) is 29.7. The summed E-state index contributed by atoms with van der Waals surface area (Å²) in [5, 5.41) is 35.9. The summed E-state index contributed by atoms with van der Waals surface area (Å²) in [6.07, 6.45) is 3.29. The van der Waals surface area contributed by atoms with Gasteiger partial charge in [-0.3, -0.25) is 19.4 Å². The molecule has 16 nitrogen and oxygen atoms in total. The van der Waals surface area contributed by atoms with Crippen LogP contribution in [0.1, 0.15) is 24.1 Å². The summed E-state index contributed by atoms with van der Waals surface area (Å²) >= 11 is 0. The number of H-pyrrole nitrogens is 1. The second-order valence-electron chi connectivity index (χ2n) is 8.91. The van der Waals surface area contributed by atoms with Crippen LogP contribution >= 0.6 is 0 Å². The minimum absolute atomic E-state index is 0.00797. The van der Waals surface area contributed by atoms with Gasteiger partial charge >= 0.3 is 5.97 Å². The van der Waals surface area contributed by atoms with E-state index in [1.807, 2.05) is 0 Å². The fraction of sp³-hybridized carbons (Fsp3) is 0.417. The molecule has 218 valence electrons. The molecule has 4 unspecified atom stereocenters. The number of nitrogens with two attached hydrogens (primary N) is 3. The van der Waals surface area contributed by atoms with Crippen molar-refractivity contribution in [3.63, 3.8) is 0 Å². The number of amides is 3. The Bertz CT molecular complexity index is 1150. The van der Waals surface area contributed by atoms with E-state index in [-0.39, 0.29) is 37.5 Å². The number of carbonyl (C=O) groups is 4. The number of aromatic hydroxyl groups is 1. The molecule has 2 aromatic rings. The molecular formula is C24H35N9O7. The van der Waals surface area contributed by atoms with Crippen molar-refractivity contribution in [3.05, 3.63) is 48.0 Å². The maximum atomic E-state index is 13.1. The molecule has 0 saturated carbocycles. The minimum Gasteiger partial charge on any atom is -0.508 e. The van der Waals surface area contributed by atoms with Crippen molar-refractivity contribution >= 4 is 29.7 Å². The van der Waals surface area contributed by atoms with Crippen LogP contribution in [0.5, 0.6) is 5.75 Å². The number of hydrogen-bond acceptors (Lipinski definition) is 9. The number of phenolic OH excluding ortho intramolecular Hbond substituents is 1. The molecule has 4 atom stereocenters. The fourth-order valence-electron chi connectivity index (χ4n) is 3.56. The van der Waals surface area contributed by atoms with Crippen LogP contribution in [0.2, 0.25) is 0 Å². The number of aliphatic imine (C=N–C) groups is 1. The number of nitrogens with zero attached hydrogens (tertiary/aromatic N) is 2. The number of phenols is 1. The van der Waals surface area contributed by atoms with Crippen LogP contribution in [-0.2, 0) is 32.0 Å². The standard InChI is InChI=1S/C24H35N9O7/c25-16(2-1-7-29-24(26)27)20(36)31-17(9-14-10-28-12-30-14)21(37)33-19(11-34)22(38)32-18(23(39)40)8-13-3-5-15(35)6-4-13/h3-6,10,12,16-19,34-35H,1-2,7-9,11,25H2,(H,28,30)(H,31,36)(H,32,38)(H,33,37)(H,39,40)(H4,26,27,29). The molecule has 2 rings (SSSR count). The van der Waals surface area contributed by atoms with E-state index in [2.05, 4.69) is 30.9 Å². The van der Waals surface area contributed by atoms with E-state index < -0.39 is 54.5 Å². The molecular weight excluding hydrogens is 526 g/mol. The van der Waals surface area contributed by atoms with E-state index >= 15 is 0 Å². The molecule has 3 amide bonds. The van der Waals surface area contributed by atoms with Crippen molar-refractivity contribution in [2.24, 2.45) is 22.2 Å². The van der Waals surface area contributed by atoms with Crippen molar-refractivity contribution < 1.29 is 34.5 Å². The van der Waals surface area contributed by atoms with Crippen LogP contribution in [0.15, 0.2) is 41.8 Å². The quantitative estimate of drug-likeness (QED) is 0.0553. The number of aromatic amines is 1. The Hall–Kier alpha value is -4.70. The minimum atomic E-state index is -1.52. The van der Waals surface area contributed by atoms with Crippen molar-refractivity contribution in [1.82, 2.24) is 25.9 Å². The first-order valence-corrected chi connectivity index (χ1v) is 12.3. The Morgan fingerprint density at radius 2 is 1.57 bits per heavy atom. The van der Waals surface area contributed by atoms with Gasteiger partial charge in [0.25, 0.3) is 0 Å². The number of hydrogen-bond donors (Lipinski definition) is 10. The Labute approximate surface area is 229 Å². The second-order valence-corrected chi connectivity index (χ2v) is 8.91. The molecule has 0 aliphatic carbocycles. The van der Waals surface area contributed by atoms with Gasteiger partial charge in [-0.2, -0.15) is 0 Å². The predicted molar refractivity (Wildman–Crippen MR) is 143 cm³/mol. The van der Waals surface area contributed by atoms with Gasteiger partial charge in [0.05, 0.1) is 19.0 Å². The van der Waals surface area contributed by atoms with Crippen LogP contribution in [0.4, 0.5) is 0 Å². The molecule has 0 aliphatic rings. The van der Waals surface area contributed by atoms with E-state index in [0.29, 0.717) is 17.7 Å². The first-order valence-electron chi connectivity index (χ1n) is 12.3. The van der Waals surface area contributed by atoms with Gasteiger partial charge in [-0.25, -0.2) is 9.78 Å². The van der Waals surface area contributed by atoms with Crippen molar-refractivity contribution in [2.45, 2.75) is 49.9 Å². The molecule has 16 heteroatoms. The van der Waals surface area contributed by atoms with Crippen LogP contribution in [0.3, 0.4) is 0 Å². The van der Waals surface area contributed by atoms with E-state index in [4.69, 9.17) is 17.2 Å². The zero-order valence-electron chi connectivity index (χ0n) is 21.6. The smallest absolute Gasteiger partial charge is 0.326 e. The number of rotatable bonds is 16. The lowest BCUT2D eigenvalue weighted by atomic mass is 10.0. The number of imidazole rings is 1. The van der Waals surface area contributed by atoms with E-state index in [1.165, 1.54) is 36.8 Å². The third-order valence-corrected chi connectivity index (χ3v) is 5.72. The summed E-state index contributed by atoms with van der Waals surface area (Å²) in [6, 6.07) is 0.621. The number of aliphatic hydroxyl groups excluding tert-OH is 1. The maximum absolute atomic E-state index is 13.1. The highest BCUT2D eigenvalue weighted by molar-refractivity contribution is 5.94. The summed E-state index contributed by atoms with van der Waals surface area (Å²) in [4.78, 5) is 60.8. The highest BCUT2D eigenvalue weighted by atomic mass is 16.4. The van der Waals surface area contributed by atoms with E-state index in [0.717, 1.165) is 0 Å². The lowest BCUT2D eigenvalue weighted by Gasteiger charge is -2.24. The molecule has 1 heterocycles. The highest BCUT2D eigenvalue weighted by Gasteiger charge is 2.30. The highest BCUT2D eigenvalue weighted by Crippen LogP contribution is 2.12. The number of carbonyl (C=O) groups excluding carboxylic acids is 3. The summed E-state index contributed by atoms with van der Waals surface area (Å²) in [5.74, 6) is -3.87. The monoisotopic (exact) mass is 561 g/mol. The number of carboxylic acid groups (broad SMARTS) is 1. The molecule has 0 bridgehead atoms. The summed E-state index contributed by atoms with van der Waals surface area (Å²) in [7, 11) is 0. The molecule has 0 saturated heterocycles. The maximum Gasteiger partial charge on any atom is 0.326 e. The molecule has 40 heavy (non-hydrogen) atoms. The largest absolute Gasteiger partial charge is 0.508 e. The molecule has 0 radical (unpaired) electrons. The van der Waals surface area contributed by atoms with Crippen LogP contribution < -0.4 is 33.2 Å².